The second kappa shape index (κ2) is 6.11. The predicted molar refractivity (Wildman–Crippen MR) is 86.4 cm³/mol. The van der Waals surface area contributed by atoms with Crippen molar-refractivity contribution in [3.05, 3.63) is 59.0 Å². The molecule has 21 heavy (non-hydrogen) atoms. The molecule has 0 spiro atoms. The normalized spacial score (nSPS) is 10.5. The van der Waals surface area contributed by atoms with Crippen molar-refractivity contribution >= 4 is 27.5 Å². The molecule has 104 valence electrons. The van der Waals surface area contributed by atoms with Gasteiger partial charge in [-0.25, -0.2) is 4.98 Å². The Kier molecular flexibility index (Phi) is 3.85. The molecule has 0 aliphatic rings. The molecule has 1 N–H and O–H groups in total. The zero-order valence-corrected chi connectivity index (χ0v) is 11.5. The average Bonchev–Trinajstić information content (AvgIpc) is 2.53. The molecule has 1 aromatic heterocycles. The number of anilines is 1. The van der Waals surface area contributed by atoms with E-state index in [9.17, 15) is 0 Å². The Labute approximate surface area is 122 Å². The van der Waals surface area contributed by atoms with Crippen LogP contribution in [0.3, 0.4) is 0 Å². The summed E-state index contributed by atoms with van der Waals surface area (Å²) in [5, 5.41) is 9.24. The molecular weight excluding hydrogens is 262 g/mol. The Morgan fingerprint density at radius 3 is 2.24 bits per heavy atom. The summed E-state index contributed by atoms with van der Waals surface area (Å²) >= 11 is 0. The summed E-state index contributed by atoms with van der Waals surface area (Å²) in [6.07, 6.45) is 0.801. The number of azide groups is 1. The average molecular weight is 277 g/mol. The number of aromatic nitrogens is 1. The minimum Gasteiger partial charge on any atom is -0.384 e. The minimum absolute atomic E-state index is 0.504. The van der Waals surface area contributed by atoms with Crippen molar-refractivity contribution in [2.24, 2.45) is 5.11 Å². The summed E-state index contributed by atoms with van der Waals surface area (Å²) in [4.78, 5) is 7.46. The Morgan fingerprint density at radius 1 is 1.00 bits per heavy atom. The van der Waals surface area contributed by atoms with E-state index < -0.39 is 0 Å². The van der Waals surface area contributed by atoms with Gasteiger partial charge in [0, 0.05) is 28.8 Å². The van der Waals surface area contributed by atoms with Gasteiger partial charge in [-0.3, -0.25) is 0 Å². The van der Waals surface area contributed by atoms with Crippen LogP contribution in [0.5, 0.6) is 0 Å². The van der Waals surface area contributed by atoms with E-state index in [-0.39, 0.29) is 0 Å². The second-order valence-electron chi connectivity index (χ2n) is 4.76. The molecule has 0 aliphatic heterocycles. The van der Waals surface area contributed by atoms with Crippen LogP contribution in [0.1, 0.15) is 6.42 Å². The number of para-hydroxylation sites is 2. The minimum atomic E-state index is 0.504. The van der Waals surface area contributed by atoms with Crippen LogP contribution in [-0.2, 0) is 0 Å². The SMILES string of the molecule is [N-]=[N+]=NCCCNc1c2ccccc2nc2ccccc12. The molecule has 3 rings (SSSR count). The lowest BCUT2D eigenvalue weighted by atomic mass is 10.1. The maximum absolute atomic E-state index is 8.29. The van der Waals surface area contributed by atoms with Crippen molar-refractivity contribution < 1.29 is 0 Å². The van der Waals surface area contributed by atoms with Crippen LogP contribution in [0.25, 0.3) is 32.2 Å². The first-order valence-electron chi connectivity index (χ1n) is 6.92. The summed E-state index contributed by atoms with van der Waals surface area (Å²) in [6.45, 7) is 1.27. The number of fused-ring (bicyclic) bond motifs is 2. The first-order chi connectivity index (χ1) is 10.4. The third kappa shape index (κ3) is 2.73. The van der Waals surface area contributed by atoms with E-state index in [1.807, 2.05) is 36.4 Å². The summed E-state index contributed by atoms with van der Waals surface area (Å²) < 4.78 is 0. The van der Waals surface area contributed by atoms with E-state index in [1.54, 1.807) is 0 Å². The van der Waals surface area contributed by atoms with Crippen molar-refractivity contribution in [1.82, 2.24) is 4.98 Å². The van der Waals surface area contributed by atoms with Gasteiger partial charge in [-0.1, -0.05) is 41.5 Å². The smallest absolute Gasteiger partial charge is 0.0730 e. The van der Waals surface area contributed by atoms with Gasteiger partial charge in [0.25, 0.3) is 0 Å². The summed E-state index contributed by atoms with van der Waals surface area (Å²) in [7, 11) is 0. The molecule has 3 aromatic rings. The standard InChI is InChI=1S/C16H15N5/c17-21-19-11-5-10-18-16-12-6-1-3-8-14(12)20-15-9-4-2-7-13(15)16/h1-4,6-9H,5,10-11H2,(H,18,20). The second-order valence-corrected chi connectivity index (χ2v) is 4.76. The van der Waals surface area contributed by atoms with Crippen molar-refractivity contribution in [3.63, 3.8) is 0 Å². The van der Waals surface area contributed by atoms with Gasteiger partial charge < -0.3 is 5.32 Å². The number of nitrogens with zero attached hydrogens (tertiary/aromatic N) is 4. The monoisotopic (exact) mass is 277 g/mol. The highest BCUT2D eigenvalue weighted by atomic mass is 15.1. The van der Waals surface area contributed by atoms with Gasteiger partial charge in [-0.05, 0) is 24.1 Å². The molecule has 5 nitrogen and oxygen atoms in total. The van der Waals surface area contributed by atoms with Gasteiger partial charge in [-0.2, -0.15) is 0 Å². The van der Waals surface area contributed by atoms with Crippen molar-refractivity contribution in [2.45, 2.75) is 6.42 Å². The number of pyridine rings is 1. The Hall–Kier alpha value is -2.78. The zero-order chi connectivity index (χ0) is 14.5. The molecule has 0 amide bonds. The first-order valence-corrected chi connectivity index (χ1v) is 6.92. The number of benzene rings is 2. The first kappa shape index (κ1) is 13.2. The Bertz CT molecular complexity index is 767. The molecule has 0 atom stereocenters. The molecule has 1 heterocycles. The lowest BCUT2D eigenvalue weighted by Gasteiger charge is -2.12. The number of nitrogens with one attached hydrogen (secondary N) is 1. The van der Waals surface area contributed by atoms with Crippen LogP contribution >= 0.6 is 0 Å². The van der Waals surface area contributed by atoms with Crippen LogP contribution < -0.4 is 5.32 Å². The van der Waals surface area contributed by atoms with Crippen LogP contribution in [0.15, 0.2) is 53.6 Å². The highest BCUT2D eigenvalue weighted by Gasteiger charge is 2.07. The largest absolute Gasteiger partial charge is 0.384 e. The third-order valence-electron chi connectivity index (χ3n) is 3.39. The molecule has 0 unspecified atom stereocenters. The van der Waals surface area contributed by atoms with E-state index in [2.05, 4.69) is 32.5 Å². The van der Waals surface area contributed by atoms with Gasteiger partial charge in [0.2, 0.25) is 0 Å². The van der Waals surface area contributed by atoms with Crippen molar-refractivity contribution in [1.29, 1.82) is 0 Å². The topological polar surface area (TPSA) is 73.7 Å². The molecule has 0 aliphatic carbocycles. The molecule has 0 fully saturated rings. The summed E-state index contributed by atoms with van der Waals surface area (Å²) in [6, 6.07) is 16.2. The van der Waals surface area contributed by atoms with Crippen LogP contribution in [0.2, 0.25) is 0 Å². The van der Waals surface area contributed by atoms with E-state index in [0.29, 0.717) is 6.54 Å². The third-order valence-corrected chi connectivity index (χ3v) is 3.39. The van der Waals surface area contributed by atoms with Gasteiger partial charge in [0.05, 0.1) is 16.7 Å². The molecule has 2 aromatic carbocycles. The van der Waals surface area contributed by atoms with Crippen molar-refractivity contribution in [3.8, 4) is 0 Å². The maximum Gasteiger partial charge on any atom is 0.0730 e. The van der Waals surface area contributed by atoms with Gasteiger partial charge in [-0.15, -0.1) is 0 Å². The van der Waals surface area contributed by atoms with Gasteiger partial charge in [0.1, 0.15) is 0 Å². The maximum atomic E-state index is 8.29. The van der Waals surface area contributed by atoms with Crippen molar-refractivity contribution in [2.75, 3.05) is 18.4 Å². The fourth-order valence-corrected chi connectivity index (χ4v) is 2.44. The quantitative estimate of drug-likeness (QED) is 0.245. The Morgan fingerprint density at radius 2 is 1.62 bits per heavy atom. The molecule has 0 bridgehead atoms. The van der Waals surface area contributed by atoms with Crippen LogP contribution in [-0.4, -0.2) is 18.1 Å². The summed E-state index contributed by atoms with van der Waals surface area (Å²) in [5.74, 6) is 0. The lowest BCUT2D eigenvalue weighted by molar-refractivity contribution is 0.869. The molecule has 0 saturated carbocycles. The zero-order valence-electron chi connectivity index (χ0n) is 11.5. The molecular formula is C16H15N5. The number of rotatable bonds is 5. The van der Waals surface area contributed by atoms with Gasteiger partial charge in [0.15, 0.2) is 0 Å². The molecule has 5 heteroatoms. The van der Waals surface area contributed by atoms with Gasteiger partial charge >= 0.3 is 0 Å². The number of hydrogen-bond donors (Lipinski definition) is 1. The number of hydrogen-bond acceptors (Lipinski definition) is 3. The van der Waals surface area contributed by atoms with Crippen LogP contribution in [0, 0.1) is 0 Å². The van der Waals surface area contributed by atoms with E-state index in [0.717, 1.165) is 40.5 Å². The van der Waals surface area contributed by atoms with E-state index in [1.165, 1.54) is 0 Å². The predicted octanol–water partition coefficient (Wildman–Crippen LogP) is 4.50. The van der Waals surface area contributed by atoms with Crippen LogP contribution in [0.4, 0.5) is 5.69 Å². The fourth-order valence-electron chi connectivity index (χ4n) is 2.44. The lowest BCUT2D eigenvalue weighted by Crippen LogP contribution is -2.04. The molecule has 0 radical (unpaired) electrons. The fraction of sp³-hybridized carbons (Fsp3) is 0.188. The summed E-state index contributed by atoms with van der Waals surface area (Å²) in [5.41, 5.74) is 11.4. The molecule has 0 saturated heterocycles. The Balaban J connectivity index is 2.01. The van der Waals surface area contributed by atoms with E-state index in [4.69, 9.17) is 5.53 Å². The van der Waals surface area contributed by atoms with E-state index >= 15 is 0 Å². The highest BCUT2D eigenvalue weighted by Crippen LogP contribution is 2.30. The highest BCUT2D eigenvalue weighted by molar-refractivity contribution is 6.07.